The number of methoxy groups -OCH3 is 1. The van der Waals surface area contributed by atoms with Crippen molar-refractivity contribution in [1.29, 1.82) is 0 Å². The van der Waals surface area contributed by atoms with Crippen LogP contribution in [0.25, 0.3) is 0 Å². The van der Waals surface area contributed by atoms with Gasteiger partial charge in [0.1, 0.15) is 11.6 Å². The summed E-state index contributed by atoms with van der Waals surface area (Å²) < 4.78 is 19.0. The summed E-state index contributed by atoms with van der Waals surface area (Å²) in [6.45, 7) is 1.63. The van der Waals surface area contributed by atoms with Crippen LogP contribution in [0.5, 0.6) is 5.75 Å². The van der Waals surface area contributed by atoms with Gasteiger partial charge >= 0.3 is 0 Å². The van der Waals surface area contributed by atoms with Gasteiger partial charge in [0, 0.05) is 29.7 Å². The van der Waals surface area contributed by atoms with Crippen LogP contribution < -0.4 is 15.4 Å². The van der Waals surface area contributed by atoms with E-state index >= 15 is 0 Å². The molecule has 0 saturated carbocycles. The number of anilines is 2. The lowest BCUT2D eigenvalue weighted by molar-refractivity contribution is -0.114. The Morgan fingerprint density at radius 3 is 2.73 bits per heavy atom. The first-order valence-electron chi connectivity index (χ1n) is 6.63. The molecule has 0 aliphatic rings. The zero-order valence-corrected chi connectivity index (χ0v) is 13.0. The summed E-state index contributed by atoms with van der Waals surface area (Å²) in [5, 5.41) is 6.11. The van der Waals surface area contributed by atoms with Crippen molar-refractivity contribution in [2.75, 3.05) is 17.7 Å². The van der Waals surface area contributed by atoms with Gasteiger partial charge < -0.3 is 15.4 Å². The molecule has 0 bridgehead atoms. The number of benzene rings is 2. The molecule has 22 heavy (non-hydrogen) atoms. The molecule has 2 rings (SSSR count). The smallest absolute Gasteiger partial charge is 0.221 e. The van der Waals surface area contributed by atoms with E-state index in [0.717, 1.165) is 0 Å². The van der Waals surface area contributed by atoms with E-state index in [9.17, 15) is 9.18 Å². The van der Waals surface area contributed by atoms with Crippen molar-refractivity contribution in [2.45, 2.75) is 13.5 Å². The van der Waals surface area contributed by atoms with E-state index in [-0.39, 0.29) is 18.3 Å². The summed E-state index contributed by atoms with van der Waals surface area (Å²) in [7, 11) is 1.54. The van der Waals surface area contributed by atoms with Gasteiger partial charge in [-0.2, -0.15) is 0 Å². The van der Waals surface area contributed by atoms with E-state index in [2.05, 4.69) is 10.6 Å². The molecule has 0 radical (unpaired) electrons. The third-order valence-corrected chi connectivity index (χ3v) is 3.39. The Morgan fingerprint density at radius 1 is 1.32 bits per heavy atom. The molecule has 0 saturated heterocycles. The Morgan fingerprint density at radius 2 is 2.09 bits per heavy atom. The van der Waals surface area contributed by atoms with E-state index in [1.54, 1.807) is 30.3 Å². The first-order valence-corrected chi connectivity index (χ1v) is 7.01. The zero-order chi connectivity index (χ0) is 16.1. The van der Waals surface area contributed by atoms with Crippen molar-refractivity contribution in [1.82, 2.24) is 0 Å². The van der Waals surface area contributed by atoms with Gasteiger partial charge in [-0.15, -0.1) is 0 Å². The number of carbonyl (C=O) groups excluding carboxylic acids is 1. The minimum absolute atomic E-state index is 0.173. The van der Waals surface area contributed by atoms with Crippen molar-refractivity contribution in [3.8, 4) is 5.75 Å². The van der Waals surface area contributed by atoms with Gasteiger partial charge in [0.2, 0.25) is 5.91 Å². The lowest BCUT2D eigenvalue weighted by atomic mass is 10.2. The third-order valence-electron chi connectivity index (χ3n) is 3.04. The fourth-order valence-corrected chi connectivity index (χ4v) is 2.24. The molecule has 0 fully saturated rings. The molecule has 0 aliphatic carbocycles. The summed E-state index contributed by atoms with van der Waals surface area (Å²) in [4.78, 5) is 11.1. The summed E-state index contributed by atoms with van der Waals surface area (Å²) in [5.74, 6) is 0.0341. The molecule has 2 aromatic carbocycles. The Bertz CT molecular complexity index is 672. The monoisotopic (exact) mass is 322 g/mol. The number of nitrogens with one attached hydrogen (secondary N) is 2. The molecule has 4 nitrogen and oxygen atoms in total. The summed E-state index contributed by atoms with van der Waals surface area (Å²) in [5.41, 5.74) is 1.62. The Kier molecular flexibility index (Phi) is 5.22. The lowest BCUT2D eigenvalue weighted by Gasteiger charge is -2.14. The number of hydrogen-bond donors (Lipinski definition) is 2. The highest BCUT2D eigenvalue weighted by Gasteiger charge is 2.09. The van der Waals surface area contributed by atoms with Crippen molar-refractivity contribution in [2.24, 2.45) is 0 Å². The van der Waals surface area contributed by atoms with Crippen LogP contribution >= 0.6 is 11.6 Å². The van der Waals surface area contributed by atoms with E-state index in [0.29, 0.717) is 27.7 Å². The van der Waals surface area contributed by atoms with Crippen molar-refractivity contribution >= 4 is 28.9 Å². The van der Waals surface area contributed by atoms with Crippen LogP contribution in [0.3, 0.4) is 0 Å². The van der Waals surface area contributed by atoms with Gasteiger partial charge in [-0.05, 0) is 30.3 Å². The van der Waals surface area contributed by atoms with Gasteiger partial charge in [0.15, 0.2) is 0 Å². The lowest BCUT2D eigenvalue weighted by Crippen LogP contribution is -2.08. The number of rotatable bonds is 5. The van der Waals surface area contributed by atoms with E-state index in [1.807, 2.05) is 0 Å². The molecule has 2 N–H and O–H groups in total. The SMILES string of the molecule is COc1ccc(NC(C)=O)cc1NCc1c(F)cccc1Cl. The van der Waals surface area contributed by atoms with E-state index in [1.165, 1.54) is 20.1 Å². The number of carbonyl (C=O) groups is 1. The molecule has 116 valence electrons. The second-order valence-corrected chi connectivity index (χ2v) is 5.06. The van der Waals surface area contributed by atoms with Gasteiger partial charge in [0.05, 0.1) is 12.8 Å². The standard InChI is InChI=1S/C16H16ClFN2O2/c1-10(21)20-11-6-7-16(22-2)15(8-11)19-9-12-13(17)4-3-5-14(12)18/h3-8,19H,9H2,1-2H3,(H,20,21). The molecular formula is C16H16ClFN2O2. The van der Waals surface area contributed by atoms with Crippen molar-refractivity contribution in [3.05, 3.63) is 52.8 Å². The van der Waals surface area contributed by atoms with Gasteiger partial charge in [-0.25, -0.2) is 4.39 Å². The zero-order valence-electron chi connectivity index (χ0n) is 12.2. The Hall–Kier alpha value is -2.27. The average Bonchev–Trinajstić information content (AvgIpc) is 2.46. The maximum absolute atomic E-state index is 13.8. The normalized spacial score (nSPS) is 10.2. The number of amides is 1. The Labute approximate surface area is 133 Å². The summed E-state index contributed by atoms with van der Waals surface area (Å²) in [6, 6.07) is 9.70. The largest absolute Gasteiger partial charge is 0.495 e. The minimum Gasteiger partial charge on any atom is -0.495 e. The average molecular weight is 323 g/mol. The van der Waals surface area contributed by atoms with Gasteiger partial charge in [-0.3, -0.25) is 4.79 Å². The highest BCUT2D eigenvalue weighted by molar-refractivity contribution is 6.31. The van der Waals surface area contributed by atoms with Crippen LogP contribution in [0.15, 0.2) is 36.4 Å². The van der Waals surface area contributed by atoms with E-state index < -0.39 is 0 Å². The molecular weight excluding hydrogens is 307 g/mol. The molecule has 0 spiro atoms. The third kappa shape index (κ3) is 3.89. The highest BCUT2D eigenvalue weighted by Crippen LogP contribution is 2.29. The molecule has 1 amide bonds. The first kappa shape index (κ1) is 16.1. The molecule has 0 aromatic heterocycles. The number of halogens is 2. The second kappa shape index (κ2) is 7.13. The predicted molar refractivity (Wildman–Crippen MR) is 86.0 cm³/mol. The topological polar surface area (TPSA) is 50.4 Å². The first-order chi connectivity index (χ1) is 10.5. The quantitative estimate of drug-likeness (QED) is 0.873. The number of hydrogen-bond acceptors (Lipinski definition) is 3. The fraction of sp³-hybridized carbons (Fsp3) is 0.188. The van der Waals surface area contributed by atoms with Crippen LogP contribution in [0, 0.1) is 5.82 Å². The fourth-order valence-electron chi connectivity index (χ4n) is 2.01. The predicted octanol–water partition coefficient (Wildman–Crippen LogP) is 4.06. The molecule has 6 heteroatoms. The molecule has 0 aliphatic heterocycles. The van der Waals surface area contributed by atoms with E-state index in [4.69, 9.17) is 16.3 Å². The molecule has 2 aromatic rings. The molecule has 0 heterocycles. The maximum atomic E-state index is 13.8. The highest BCUT2D eigenvalue weighted by atomic mass is 35.5. The molecule has 0 atom stereocenters. The van der Waals surface area contributed by atoms with Crippen LogP contribution in [-0.4, -0.2) is 13.0 Å². The van der Waals surface area contributed by atoms with Crippen LogP contribution in [0.4, 0.5) is 15.8 Å². The minimum atomic E-state index is -0.378. The van der Waals surface area contributed by atoms with Crippen LogP contribution in [-0.2, 0) is 11.3 Å². The number of ether oxygens (including phenoxy) is 1. The van der Waals surface area contributed by atoms with Crippen molar-refractivity contribution < 1.29 is 13.9 Å². The van der Waals surface area contributed by atoms with Crippen LogP contribution in [0.2, 0.25) is 5.02 Å². The van der Waals surface area contributed by atoms with Crippen molar-refractivity contribution in [3.63, 3.8) is 0 Å². The maximum Gasteiger partial charge on any atom is 0.221 e. The molecule has 0 unspecified atom stereocenters. The summed E-state index contributed by atoms with van der Waals surface area (Å²) in [6.07, 6.45) is 0. The summed E-state index contributed by atoms with van der Waals surface area (Å²) >= 11 is 6.00. The Balaban J connectivity index is 2.22. The van der Waals surface area contributed by atoms with Gasteiger partial charge in [0.25, 0.3) is 0 Å². The second-order valence-electron chi connectivity index (χ2n) is 4.65. The van der Waals surface area contributed by atoms with Crippen LogP contribution in [0.1, 0.15) is 12.5 Å². The van der Waals surface area contributed by atoms with Gasteiger partial charge in [-0.1, -0.05) is 17.7 Å².